The SMILES string of the molecule is O=C(c1cnccn1)N1CCC(N2CCC[C@H](CCc3ccccc3)C2)CC1. The molecule has 0 radical (unpaired) electrons. The van der Waals surface area contributed by atoms with Gasteiger partial charge in [-0.15, -0.1) is 0 Å². The average molecular weight is 379 g/mol. The Kier molecular flexibility index (Phi) is 6.32. The first-order valence-electron chi connectivity index (χ1n) is 10.6. The van der Waals surface area contributed by atoms with Gasteiger partial charge in [0.25, 0.3) is 5.91 Å². The number of nitrogens with zero attached hydrogens (tertiary/aromatic N) is 4. The first-order valence-corrected chi connectivity index (χ1v) is 10.6. The molecule has 1 amide bonds. The molecule has 4 rings (SSSR count). The maximum atomic E-state index is 12.6. The molecule has 0 N–H and O–H groups in total. The van der Waals surface area contributed by atoms with Gasteiger partial charge in [-0.2, -0.15) is 0 Å². The smallest absolute Gasteiger partial charge is 0.274 e. The Morgan fingerprint density at radius 1 is 1.04 bits per heavy atom. The van der Waals surface area contributed by atoms with Crippen molar-refractivity contribution in [2.45, 2.75) is 44.6 Å². The number of carbonyl (C=O) groups is 1. The predicted molar refractivity (Wildman–Crippen MR) is 110 cm³/mol. The molecule has 2 aromatic rings. The van der Waals surface area contributed by atoms with Crippen LogP contribution in [0.1, 0.15) is 48.2 Å². The zero-order valence-electron chi connectivity index (χ0n) is 16.5. The van der Waals surface area contributed by atoms with E-state index in [1.807, 2.05) is 4.90 Å². The van der Waals surface area contributed by atoms with E-state index in [4.69, 9.17) is 0 Å². The molecule has 2 aliphatic heterocycles. The molecule has 0 bridgehead atoms. The molecule has 0 saturated carbocycles. The van der Waals surface area contributed by atoms with Gasteiger partial charge in [0.1, 0.15) is 5.69 Å². The largest absolute Gasteiger partial charge is 0.337 e. The van der Waals surface area contributed by atoms with Crippen LogP contribution in [0.3, 0.4) is 0 Å². The number of amides is 1. The van der Waals surface area contributed by atoms with Crippen LogP contribution in [-0.4, -0.2) is 57.9 Å². The second-order valence-electron chi connectivity index (χ2n) is 8.14. The molecule has 2 saturated heterocycles. The van der Waals surface area contributed by atoms with E-state index in [0.717, 1.165) is 31.8 Å². The van der Waals surface area contributed by atoms with Gasteiger partial charge in [0.05, 0.1) is 6.20 Å². The normalized spacial score (nSPS) is 21.6. The van der Waals surface area contributed by atoms with Crippen molar-refractivity contribution < 1.29 is 4.79 Å². The van der Waals surface area contributed by atoms with Gasteiger partial charge < -0.3 is 4.90 Å². The number of benzene rings is 1. The molecule has 0 spiro atoms. The topological polar surface area (TPSA) is 49.3 Å². The van der Waals surface area contributed by atoms with Gasteiger partial charge in [0, 0.05) is 38.1 Å². The molecule has 148 valence electrons. The minimum atomic E-state index is 0.0194. The summed E-state index contributed by atoms with van der Waals surface area (Å²) in [5.41, 5.74) is 1.91. The highest BCUT2D eigenvalue weighted by atomic mass is 16.2. The lowest BCUT2D eigenvalue weighted by Crippen LogP contribution is -2.49. The van der Waals surface area contributed by atoms with Crippen molar-refractivity contribution in [1.82, 2.24) is 19.8 Å². The van der Waals surface area contributed by atoms with E-state index in [0.29, 0.717) is 11.7 Å². The van der Waals surface area contributed by atoms with Crippen molar-refractivity contribution in [2.75, 3.05) is 26.2 Å². The summed E-state index contributed by atoms with van der Waals surface area (Å²) in [6, 6.07) is 11.5. The highest BCUT2D eigenvalue weighted by Crippen LogP contribution is 2.26. The molecule has 1 atom stereocenters. The summed E-state index contributed by atoms with van der Waals surface area (Å²) in [4.78, 5) is 25.4. The first kappa shape index (κ1) is 19.1. The Bertz CT molecular complexity index is 744. The summed E-state index contributed by atoms with van der Waals surface area (Å²) in [5, 5.41) is 0. The number of likely N-dealkylation sites (tertiary alicyclic amines) is 2. The van der Waals surface area contributed by atoms with Gasteiger partial charge in [-0.25, -0.2) is 4.98 Å². The fourth-order valence-electron chi connectivity index (χ4n) is 4.69. The van der Waals surface area contributed by atoms with Crippen LogP contribution in [0.5, 0.6) is 0 Å². The number of piperidine rings is 2. The highest BCUT2D eigenvalue weighted by Gasteiger charge is 2.30. The van der Waals surface area contributed by atoms with Crippen molar-refractivity contribution in [2.24, 2.45) is 5.92 Å². The summed E-state index contributed by atoms with van der Waals surface area (Å²) in [7, 11) is 0. The Balaban J connectivity index is 1.25. The van der Waals surface area contributed by atoms with Crippen molar-refractivity contribution in [3.05, 3.63) is 60.2 Å². The molecule has 1 aromatic heterocycles. The highest BCUT2D eigenvalue weighted by molar-refractivity contribution is 5.92. The number of aryl methyl sites for hydroxylation is 1. The van der Waals surface area contributed by atoms with Crippen molar-refractivity contribution >= 4 is 5.91 Å². The Hall–Kier alpha value is -2.27. The molecule has 28 heavy (non-hydrogen) atoms. The standard InChI is InChI=1S/C23H30N4O/c28-23(22-17-24-12-13-25-22)26-15-10-21(11-16-26)27-14-4-7-20(18-27)9-8-19-5-2-1-3-6-19/h1-3,5-6,12-13,17,20-21H,4,7-11,14-16,18H2/t20-/m1/s1. The molecule has 5 heteroatoms. The van der Waals surface area contributed by atoms with Gasteiger partial charge in [-0.05, 0) is 56.6 Å². The lowest BCUT2D eigenvalue weighted by molar-refractivity contribution is 0.0517. The van der Waals surface area contributed by atoms with E-state index in [2.05, 4.69) is 45.2 Å². The molecule has 1 aromatic carbocycles. The second kappa shape index (κ2) is 9.28. The minimum Gasteiger partial charge on any atom is -0.337 e. The fraction of sp³-hybridized carbons (Fsp3) is 0.522. The van der Waals surface area contributed by atoms with Gasteiger partial charge in [-0.3, -0.25) is 14.7 Å². The minimum absolute atomic E-state index is 0.0194. The number of hydrogen-bond acceptors (Lipinski definition) is 4. The van der Waals surface area contributed by atoms with E-state index < -0.39 is 0 Å². The molecule has 5 nitrogen and oxygen atoms in total. The number of hydrogen-bond donors (Lipinski definition) is 0. The van der Waals surface area contributed by atoms with Crippen LogP contribution in [0.15, 0.2) is 48.9 Å². The molecule has 2 fully saturated rings. The maximum absolute atomic E-state index is 12.6. The third kappa shape index (κ3) is 4.76. The van der Waals surface area contributed by atoms with Crippen molar-refractivity contribution in [3.63, 3.8) is 0 Å². The molecule has 0 unspecified atom stereocenters. The predicted octanol–water partition coefficient (Wildman–Crippen LogP) is 3.43. The summed E-state index contributed by atoms with van der Waals surface area (Å²) in [6.07, 6.45) is 12.0. The molecule has 3 heterocycles. The van der Waals surface area contributed by atoms with Crippen LogP contribution < -0.4 is 0 Å². The average Bonchev–Trinajstić information content (AvgIpc) is 2.79. The van der Waals surface area contributed by atoms with Gasteiger partial charge in [0.15, 0.2) is 0 Å². The van der Waals surface area contributed by atoms with Crippen LogP contribution in [0, 0.1) is 5.92 Å². The monoisotopic (exact) mass is 378 g/mol. The number of rotatable bonds is 5. The van der Waals surface area contributed by atoms with E-state index in [-0.39, 0.29) is 5.91 Å². The third-order valence-corrected chi connectivity index (χ3v) is 6.28. The summed E-state index contributed by atoms with van der Waals surface area (Å²) >= 11 is 0. The zero-order valence-corrected chi connectivity index (χ0v) is 16.5. The Morgan fingerprint density at radius 2 is 1.86 bits per heavy atom. The molecule has 2 aliphatic rings. The van der Waals surface area contributed by atoms with Crippen LogP contribution >= 0.6 is 0 Å². The van der Waals surface area contributed by atoms with E-state index >= 15 is 0 Å². The van der Waals surface area contributed by atoms with E-state index in [1.54, 1.807) is 18.6 Å². The first-order chi connectivity index (χ1) is 13.8. The van der Waals surface area contributed by atoms with Crippen LogP contribution in [-0.2, 0) is 6.42 Å². The second-order valence-corrected chi connectivity index (χ2v) is 8.14. The fourth-order valence-corrected chi connectivity index (χ4v) is 4.69. The summed E-state index contributed by atoms with van der Waals surface area (Å²) in [6.45, 7) is 4.08. The summed E-state index contributed by atoms with van der Waals surface area (Å²) < 4.78 is 0. The molecule has 0 aliphatic carbocycles. The van der Waals surface area contributed by atoms with Crippen molar-refractivity contribution in [1.29, 1.82) is 0 Å². The zero-order chi connectivity index (χ0) is 19.2. The van der Waals surface area contributed by atoms with E-state index in [1.165, 1.54) is 44.3 Å². The number of aromatic nitrogens is 2. The molecular formula is C23H30N4O. The maximum Gasteiger partial charge on any atom is 0.274 e. The molecular weight excluding hydrogens is 348 g/mol. The third-order valence-electron chi connectivity index (χ3n) is 6.28. The number of carbonyl (C=O) groups excluding carboxylic acids is 1. The van der Waals surface area contributed by atoms with Crippen LogP contribution in [0.2, 0.25) is 0 Å². The quantitative estimate of drug-likeness (QED) is 0.800. The van der Waals surface area contributed by atoms with Crippen LogP contribution in [0.4, 0.5) is 0 Å². The summed E-state index contributed by atoms with van der Waals surface area (Å²) in [5.74, 6) is 0.819. The van der Waals surface area contributed by atoms with Crippen molar-refractivity contribution in [3.8, 4) is 0 Å². The van der Waals surface area contributed by atoms with E-state index in [9.17, 15) is 4.79 Å². The van der Waals surface area contributed by atoms with Gasteiger partial charge in [0.2, 0.25) is 0 Å². The Labute approximate surface area is 167 Å². The van der Waals surface area contributed by atoms with Gasteiger partial charge >= 0.3 is 0 Å². The van der Waals surface area contributed by atoms with Gasteiger partial charge in [-0.1, -0.05) is 30.3 Å². The lowest BCUT2D eigenvalue weighted by atomic mass is 9.89. The Morgan fingerprint density at radius 3 is 2.61 bits per heavy atom. The van der Waals surface area contributed by atoms with Crippen LogP contribution in [0.25, 0.3) is 0 Å². The lowest BCUT2D eigenvalue weighted by Gasteiger charge is -2.42.